The Labute approximate surface area is 680 Å². The van der Waals surface area contributed by atoms with Gasteiger partial charge in [0.1, 0.15) is 121 Å². The molecule has 6 aromatic carbocycles. The molecule has 634 valence electrons. The first-order valence-corrected chi connectivity index (χ1v) is 37.5. The van der Waals surface area contributed by atoms with Crippen molar-refractivity contribution in [1.29, 1.82) is 0 Å². The number of aldehydes is 1. The van der Waals surface area contributed by atoms with Gasteiger partial charge < -0.3 is 53.3 Å². The van der Waals surface area contributed by atoms with E-state index in [4.69, 9.17) is 56.7 Å². The van der Waals surface area contributed by atoms with E-state index in [1.54, 1.807) is 13.8 Å². The molecule has 2 bridgehead atoms. The zero-order chi connectivity index (χ0) is 87.3. The summed E-state index contributed by atoms with van der Waals surface area (Å²) in [6.07, 6.45) is 10.7. The zero-order valence-electron chi connectivity index (χ0n) is 63.8. The van der Waals surface area contributed by atoms with E-state index < -0.39 is 114 Å². The summed E-state index contributed by atoms with van der Waals surface area (Å²) in [5.74, 6) is -10.9. The maximum Gasteiger partial charge on any atom is 0.410 e. The lowest BCUT2D eigenvalue weighted by atomic mass is 10.0. The first-order valence-electron chi connectivity index (χ1n) is 36.7. The van der Waals surface area contributed by atoms with Gasteiger partial charge in [0.25, 0.3) is 5.24 Å². The molecule has 2 aliphatic heterocycles. The number of aromatic carboxylic acids is 1. The molecule has 2 saturated heterocycles. The normalized spacial score (nSPS) is 16.2. The van der Waals surface area contributed by atoms with Gasteiger partial charge in [0, 0.05) is 35.8 Å². The highest BCUT2D eigenvalue weighted by atomic mass is 35.5. The van der Waals surface area contributed by atoms with Crippen LogP contribution in [0.2, 0.25) is 0 Å². The van der Waals surface area contributed by atoms with E-state index in [2.05, 4.69) is 30.5 Å². The van der Waals surface area contributed by atoms with Crippen LogP contribution in [-0.2, 0) is 23.8 Å². The quantitative estimate of drug-likeness (QED) is 0.00757. The number of aromatic nitrogens is 3. The Morgan fingerprint density at radius 3 is 1.18 bits per heavy atom. The number of carboxylic acids is 1. The summed E-state index contributed by atoms with van der Waals surface area (Å²) < 4.78 is 188. The lowest BCUT2D eigenvalue weighted by Crippen LogP contribution is -2.49. The fraction of sp³-hybridized carbons (Fsp3) is 0.341. The highest BCUT2D eigenvalue weighted by Crippen LogP contribution is 2.48. The Morgan fingerprint density at radius 2 is 0.857 bits per heavy atom. The van der Waals surface area contributed by atoms with E-state index in [1.807, 2.05) is 25.7 Å². The number of nitrogens with zero attached hydrogens (tertiary/aromatic N) is 6. The molecule has 1 unspecified atom stereocenters. The van der Waals surface area contributed by atoms with E-state index >= 15 is 0 Å². The van der Waals surface area contributed by atoms with Crippen molar-refractivity contribution < 1.29 is 135 Å². The van der Waals surface area contributed by atoms with Gasteiger partial charge in [-0.15, -0.1) is 0 Å². The van der Waals surface area contributed by atoms with E-state index in [9.17, 15) is 96.5 Å². The number of piperidine rings is 1. The summed E-state index contributed by atoms with van der Waals surface area (Å²) in [7, 11) is 0. The fourth-order valence-corrected chi connectivity index (χ4v) is 12.4. The summed E-state index contributed by atoms with van der Waals surface area (Å²) in [5, 5.41) is 49.5. The highest BCUT2D eigenvalue weighted by Gasteiger charge is 2.45. The molecule has 6 aliphatic rings. The van der Waals surface area contributed by atoms with Gasteiger partial charge in [-0.2, -0.15) is 0 Å². The third kappa shape index (κ3) is 25.2. The van der Waals surface area contributed by atoms with Crippen molar-refractivity contribution in [2.45, 2.75) is 160 Å². The van der Waals surface area contributed by atoms with Crippen molar-refractivity contribution in [3.63, 3.8) is 0 Å². The van der Waals surface area contributed by atoms with Gasteiger partial charge in [-0.1, -0.05) is 73.8 Å². The van der Waals surface area contributed by atoms with Crippen molar-refractivity contribution in [1.82, 2.24) is 20.4 Å². The minimum Gasteiger partial charge on any atom is -0.477 e. The van der Waals surface area contributed by atoms with Crippen LogP contribution in [-0.4, -0.2) is 131 Å². The molecule has 5 heterocycles. The van der Waals surface area contributed by atoms with Gasteiger partial charge in [0.15, 0.2) is 28.7 Å². The number of carboxylic acid groups (broad SMARTS) is 1. The van der Waals surface area contributed by atoms with Gasteiger partial charge in [-0.25, -0.2) is 67.1 Å². The molecule has 15 rings (SSSR count). The van der Waals surface area contributed by atoms with Crippen LogP contribution >= 0.6 is 23.2 Å². The number of hydrogen-bond donors (Lipinski definition) is 4. The number of halogens is 14. The van der Waals surface area contributed by atoms with E-state index in [0.717, 1.165) is 137 Å². The molecule has 3 aromatic heterocycles. The number of amides is 1. The fourth-order valence-electron chi connectivity index (χ4n) is 12.0. The predicted octanol–water partition coefficient (Wildman–Crippen LogP) is 19.5. The van der Waals surface area contributed by atoms with Gasteiger partial charge in [0.05, 0.1) is 58.9 Å². The van der Waals surface area contributed by atoms with E-state index in [-0.39, 0.29) is 135 Å². The number of aliphatic hydroxyl groups is 1. The molecule has 23 nitrogen and oxygen atoms in total. The number of hydrogen-bond acceptors (Lipinski definition) is 21. The number of aliphatic hydroxyl groups excluding tert-OH is 1. The highest BCUT2D eigenvalue weighted by molar-refractivity contribution is 6.69. The molecule has 4 N–H and O–H groups in total. The largest absolute Gasteiger partial charge is 0.477 e. The number of rotatable bonds is 17. The number of fused-ring (bicyclic) bond motifs is 2. The Hall–Kier alpha value is -11.7. The van der Waals surface area contributed by atoms with E-state index in [0.29, 0.717) is 37.2 Å². The number of Topliss-reactive ketones (excluding diaryl/α,β-unsaturated/α-hetero) is 1. The van der Waals surface area contributed by atoms with Crippen LogP contribution < -0.4 is 0 Å². The second-order valence-corrected chi connectivity index (χ2v) is 28.7. The van der Waals surface area contributed by atoms with Crippen LogP contribution in [0.15, 0.2) is 133 Å². The molecule has 4 saturated carbocycles. The number of oxime groups is 2. The zero-order valence-corrected chi connectivity index (χ0v) is 65.3. The maximum absolute atomic E-state index is 13.9. The Balaban J connectivity index is 0.000000172. The molecule has 9 aromatic rings. The summed E-state index contributed by atoms with van der Waals surface area (Å²) in [6, 6.07) is 20.5. The first kappa shape index (κ1) is 92.8. The summed E-state index contributed by atoms with van der Waals surface area (Å²) in [5.41, 5.74) is -3.86. The molecule has 119 heavy (non-hydrogen) atoms. The van der Waals surface area contributed by atoms with E-state index in [1.165, 1.54) is 36.4 Å². The molecule has 6 fully saturated rings. The second kappa shape index (κ2) is 42.6. The smallest absolute Gasteiger partial charge is 0.410 e. The van der Waals surface area contributed by atoms with Gasteiger partial charge in [-0.3, -0.25) is 19.2 Å². The average Bonchev–Trinajstić information content (AvgIpc) is 1.63. The van der Waals surface area contributed by atoms with Crippen molar-refractivity contribution >= 4 is 75.9 Å². The Bertz CT molecular complexity index is 4930. The van der Waals surface area contributed by atoms with Gasteiger partial charge in [-0.05, 0) is 196 Å². The molecule has 0 spiro atoms. The molecule has 1 amide bonds. The van der Waals surface area contributed by atoms with Crippen molar-refractivity contribution in [3.8, 4) is 33.8 Å². The lowest BCUT2D eigenvalue weighted by Gasteiger charge is -2.37. The van der Waals surface area contributed by atoms with Crippen LogP contribution in [0.5, 0.6) is 0 Å². The average molecular weight is 1720 g/mol. The number of esters is 2. The topological polar surface area (TPSA) is 334 Å². The minimum atomic E-state index is -1.29. The van der Waals surface area contributed by atoms with Gasteiger partial charge >= 0.3 is 24.0 Å². The number of carbonyl (C=O) groups excluding carboxylic acids is 6. The molecular formula is C82H76Cl2F12N6O17. The number of ether oxygens (including phenoxy) is 3. The molecule has 0 radical (unpaired) electrons. The standard InChI is InChI=1S/C15H13F2NO3.C13H8ClF2NO2.C13H9F2NO3.C12H21NO3.C8H12O3.C7H4ClF2NO.C7H5F2NO.C7H4F2O/c1-2-20-15(19)12-13(18-21-14(12)8-6-7-8)11-9(16)4-3-5-10(11)17;14-13(18)10-11(17-19-12(10)6-4-5-6)9-7(15)2-1-3-8(9)16;14-7-2-1-3-8(15)9(7)11-10(13(17)18)12(19-16-11)6-4-5-6;1-12(2,3)16-11(15)13-8-4-5-9(13)7-10(14)6-8;1-2-11-8(10)5-7(9)6-3-4-6;8-7(11-12)6-4(9)2-1-3-5(6)10;8-6-2-1-3-7(9)5(6)4-10-11;8-6-2-1-3-7(9)5(6)4-10/h3-5,8H,2,6-7H2,1H3;1-3,6H,4-5H2;1-3,6H,4-5H2,(H,17,18);8-10,14H,4-7H2,1-3H3;6H,2-5H2,1H3;1-3,12H;1-4,11H;1-4H/b;;;;;11-7-;10-4+;/t;;;8-,9+,10?;;;;. The van der Waals surface area contributed by atoms with Crippen LogP contribution in [0.25, 0.3) is 33.8 Å². The Kier molecular flexibility index (Phi) is 33.2. The van der Waals surface area contributed by atoms with Crippen LogP contribution in [0.1, 0.15) is 206 Å². The molecule has 37 heteroatoms. The summed E-state index contributed by atoms with van der Waals surface area (Å²) in [4.78, 5) is 80.4. The number of ketones is 1. The summed E-state index contributed by atoms with van der Waals surface area (Å²) >= 11 is 10.7. The van der Waals surface area contributed by atoms with Crippen molar-refractivity contribution in [2.24, 2.45) is 16.2 Å². The first-order chi connectivity index (χ1) is 56.6. The van der Waals surface area contributed by atoms with Crippen LogP contribution in [0.3, 0.4) is 0 Å². The SMILES string of the molecule is CC(C)(C)OC(=O)N1[C@@H]2CC[C@H]1CC(O)C2.CCOC(=O)CC(=O)C1CC1.CCOC(=O)c1c(-c2c(F)cccc2F)noc1C1CC1.O/N=C(\Cl)c1c(F)cccc1F.O/N=C/c1c(F)cccc1F.O=C(Cl)c1c(-c2c(F)cccc2F)noc1C1CC1.O=C(O)c1c(-c2c(F)cccc2F)noc1C1CC1.O=Cc1c(F)cccc1F. The third-order valence-corrected chi connectivity index (χ3v) is 18.5. The Morgan fingerprint density at radius 1 is 0.504 bits per heavy atom. The number of carbonyl (C=O) groups is 7. The molecule has 3 atom stereocenters. The third-order valence-electron chi connectivity index (χ3n) is 18.0. The van der Waals surface area contributed by atoms with Crippen LogP contribution in [0.4, 0.5) is 57.5 Å². The summed E-state index contributed by atoms with van der Waals surface area (Å²) in [6.45, 7) is 9.55. The molecule has 4 aliphatic carbocycles. The second-order valence-electron chi connectivity index (χ2n) is 28.0. The minimum absolute atomic E-state index is 0.0119. The van der Waals surface area contributed by atoms with Gasteiger partial charge in [0.2, 0.25) is 0 Å². The van der Waals surface area contributed by atoms with Crippen LogP contribution in [0, 0.1) is 75.7 Å². The lowest BCUT2D eigenvalue weighted by molar-refractivity contribution is -0.145. The van der Waals surface area contributed by atoms with Crippen molar-refractivity contribution in [3.05, 3.63) is 230 Å². The predicted molar refractivity (Wildman–Crippen MR) is 402 cm³/mol. The maximum atomic E-state index is 13.9. The molecular weight excluding hydrogens is 1640 g/mol. The van der Waals surface area contributed by atoms with Crippen molar-refractivity contribution in [2.75, 3.05) is 13.2 Å². The number of benzene rings is 6. The monoisotopic (exact) mass is 1710 g/mol.